The molecular weight excluding hydrogens is 392 g/mol. The van der Waals surface area contributed by atoms with Crippen molar-refractivity contribution < 1.29 is 9.47 Å². The fraction of sp³-hybridized carbons (Fsp3) is 0.600. The number of H-pyrrole nitrogens is 1. The summed E-state index contributed by atoms with van der Waals surface area (Å²) in [6.45, 7) is 5.35. The monoisotopic (exact) mass is 420 g/mol. The number of hydrogen-bond donors (Lipinski definition) is 2. The quantitative estimate of drug-likeness (QED) is 0.763. The van der Waals surface area contributed by atoms with Crippen molar-refractivity contribution in [2.24, 2.45) is 0 Å². The maximum atomic E-state index is 6.05. The Bertz CT molecular complexity index is 801. The van der Waals surface area contributed by atoms with Crippen LogP contribution in [0.3, 0.4) is 0 Å². The topological polar surface area (TPSA) is 92.5 Å². The number of nitrogen functional groups attached to an aromatic ring is 1. The number of piperidine rings is 1. The molecule has 0 radical (unpaired) electrons. The first-order valence-electron chi connectivity index (χ1n) is 10.1. The summed E-state index contributed by atoms with van der Waals surface area (Å²) in [5.74, 6) is 0.970. The van der Waals surface area contributed by atoms with Crippen LogP contribution in [-0.2, 0) is 15.9 Å². The van der Waals surface area contributed by atoms with Crippen molar-refractivity contribution in [2.45, 2.75) is 44.1 Å². The highest BCUT2D eigenvalue weighted by atomic mass is 35.5. The molecule has 2 saturated heterocycles. The number of aromatic amines is 1. The number of rotatable bonds is 5. The first-order chi connectivity index (χ1) is 14.0. The van der Waals surface area contributed by atoms with Gasteiger partial charge >= 0.3 is 0 Å². The molecule has 0 aliphatic carbocycles. The van der Waals surface area contributed by atoms with E-state index in [0.29, 0.717) is 24.0 Å². The zero-order valence-electron chi connectivity index (χ0n) is 16.9. The van der Waals surface area contributed by atoms with E-state index in [-0.39, 0.29) is 12.2 Å². The van der Waals surface area contributed by atoms with Crippen LogP contribution in [0, 0.1) is 0 Å². The highest BCUT2D eigenvalue weighted by Crippen LogP contribution is 2.28. The minimum absolute atomic E-state index is 0.0569. The van der Waals surface area contributed by atoms with Crippen LogP contribution in [0.25, 0.3) is 0 Å². The fourth-order valence-corrected chi connectivity index (χ4v) is 4.57. The number of nitrogens with zero attached hydrogens (tertiary/aromatic N) is 4. The van der Waals surface area contributed by atoms with E-state index in [4.69, 9.17) is 26.8 Å². The van der Waals surface area contributed by atoms with Crippen molar-refractivity contribution in [1.82, 2.24) is 20.1 Å². The molecule has 29 heavy (non-hydrogen) atoms. The van der Waals surface area contributed by atoms with E-state index in [1.807, 2.05) is 12.1 Å². The number of halogens is 1. The standard InChI is InChI=1S/C20H29ClN6O2/c1-13-10-27(16(12-29-13)9-14-3-5-15(21)6-4-14)17-7-8-26(11-18(17)28-2)20-23-19(22)24-25-20/h3-6,13,16-18H,7-12H2,1-2H3,(H3,22,23,24,25)/t13-,16?,17?,18+/m0/s1. The summed E-state index contributed by atoms with van der Waals surface area (Å²) in [7, 11) is 1.78. The van der Waals surface area contributed by atoms with Gasteiger partial charge in [0.15, 0.2) is 0 Å². The van der Waals surface area contributed by atoms with E-state index in [2.05, 4.69) is 44.0 Å². The molecule has 2 aliphatic heterocycles. The average molecular weight is 421 g/mol. The van der Waals surface area contributed by atoms with Gasteiger partial charge in [-0.3, -0.25) is 4.90 Å². The summed E-state index contributed by atoms with van der Waals surface area (Å²) in [4.78, 5) is 8.99. The number of hydrogen-bond acceptors (Lipinski definition) is 7. The maximum Gasteiger partial charge on any atom is 0.246 e. The molecule has 0 saturated carbocycles. The third-order valence-corrected chi connectivity index (χ3v) is 6.17. The van der Waals surface area contributed by atoms with E-state index in [1.165, 1.54) is 5.56 Å². The van der Waals surface area contributed by atoms with Crippen LogP contribution in [-0.4, -0.2) is 77.7 Å². The Morgan fingerprint density at radius 2 is 2.10 bits per heavy atom. The van der Waals surface area contributed by atoms with Crippen molar-refractivity contribution >= 4 is 23.5 Å². The van der Waals surface area contributed by atoms with E-state index < -0.39 is 0 Å². The highest BCUT2D eigenvalue weighted by Gasteiger charge is 2.40. The number of anilines is 2. The molecule has 0 spiro atoms. The van der Waals surface area contributed by atoms with Gasteiger partial charge in [-0.2, -0.15) is 4.98 Å². The van der Waals surface area contributed by atoms with Gasteiger partial charge in [-0.15, -0.1) is 5.10 Å². The Balaban J connectivity index is 1.49. The number of aromatic nitrogens is 3. The summed E-state index contributed by atoms with van der Waals surface area (Å²) >= 11 is 6.05. The fourth-order valence-electron chi connectivity index (χ4n) is 4.45. The van der Waals surface area contributed by atoms with Crippen LogP contribution in [0.2, 0.25) is 5.02 Å². The van der Waals surface area contributed by atoms with Gasteiger partial charge in [-0.1, -0.05) is 23.7 Å². The Hall–Kier alpha value is -1.87. The summed E-state index contributed by atoms with van der Waals surface area (Å²) in [6, 6.07) is 8.72. The van der Waals surface area contributed by atoms with Gasteiger partial charge in [0.1, 0.15) is 0 Å². The number of methoxy groups -OCH3 is 1. The lowest BCUT2D eigenvalue weighted by Gasteiger charge is -2.48. The van der Waals surface area contributed by atoms with E-state index in [0.717, 1.165) is 44.1 Å². The van der Waals surface area contributed by atoms with Crippen molar-refractivity contribution in [3.8, 4) is 0 Å². The Morgan fingerprint density at radius 3 is 2.79 bits per heavy atom. The van der Waals surface area contributed by atoms with Crippen molar-refractivity contribution in [1.29, 1.82) is 0 Å². The third kappa shape index (κ3) is 4.66. The van der Waals surface area contributed by atoms with E-state index in [9.17, 15) is 0 Å². The normalized spacial score (nSPS) is 28.6. The molecule has 158 valence electrons. The lowest BCUT2D eigenvalue weighted by atomic mass is 9.94. The third-order valence-electron chi connectivity index (χ3n) is 5.92. The molecule has 0 bridgehead atoms. The molecule has 0 amide bonds. The van der Waals surface area contributed by atoms with Crippen molar-refractivity contribution in [2.75, 3.05) is 44.0 Å². The van der Waals surface area contributed by atoms with Crippen LogP contribution >= 0.6 is 11.6 Å². The number of nitrogens with one attached hydrogen (secondary N) is 1. The first kappa shape index (κ1) is 20.4. The Kier molecular flexibility index (Phi) is 6.24. The van der Waals surface area contributed by atoms with Crippen molar-refractivity contribution in [3.63, 3.8) is 0 Å². The predicted octanol–water partition coefficient (Wildman–Crippen LogP) is 1.97. The minimum atomic E-state index is 0.0569. The molecule has 2 aromatic rings. The SMILES string of the molecule is CO[C@@H]1CN(c2n[nH]c(N)n2)CCC1N1C[C@H](C)OCC1Cc1ccc(Cl)cc1. The van der Waals surface area contributed by atoms with Gasteiger partial charge in [0.2, 0.25) is 11.9 Å². The Labute approximate surface area is 176 Å². The second-order valence-corrected chi connectivity index (χ2v) is 8.36. The molecule has 1 aromatic heterocycles. The van der Waals surface area contributed by atoms with Gasteiger partial charge in [-0.05, 0) is 37.5 Å². The number of nitrogens with two attached hydrogens (primary N) is 1. The second kappa shape index (κ2) is 8.87. The molecule has 2 unspecified atom stereocenters. The molecule has 3 N–H and O–H groups in total. The van der Waals surface area contributed by atoms with Crippen LogP contribution < -0.4 is 10.6 Å². The molecule has 2 fully saturated rings. The van der Waals surface area contributed by atoms with Gasteiger partial charge in [0.25, 0.3) is 0 Å². The molecule has 2 aliphatic rings. The van der Waals surface area contributed by atoms with Crippen LogP contribution in [0.1, 0.15) is 18.9 Å². The Morgan fingerprint density at radius 1 is 1.31 bits per heavy atom. The van der Waals surface area contributed by atoms with E-state index in [1.54, 1.807) is 7.11 Å². The molecule has 9 heteroatoms. The van der Waals surface area contributed by atoms with E-state index >= 15 is 0 Å². The molecule has 1 aromatic carbocycles. The minimum Gasteiger partial charge on any atom is -0.378 e. The largest absolute Gasteiger partial charge is 0.378 e. The number of ether oxygens (including phenoxy) is 2. The van der Waals surface area contributed by atoms with Gasteiger partial charge in [0.05, 0.1) is 18.8 Å². The number of benzene rings is 1. The second-order valence-electron chi connectivity index (χ2n) is 7.92. The molecule has 4 rings (SSSR count). The number of morpholine rings is 1. The van der Waals surface area contributed by atoms with Crippen molar-refractivity contribution in [3.05, 3.63) is 34.9 Å². The highest BCUT2D eigenvalue weighted by molar-refractivity contribution is 6.30. The van der Waals surface area contributed by atoms with Gasteiger partial charge in [-0.25, -0.2) is 5.10 Å². The first-order valence-corrected chi connectivity index (χ1v) is 10.5. The van der Waals surface area contributed by atoms with Gasteiger partial charge in [0, 0.05) is 43.9 Å². The van der Waals surface area contributed by atoms with Crippen LogP contribution in [0.5, 0.6) is 0 Å². The molecule has 8 nitrogen and oxygen atoms in total. The summed E-state index contributed by atoms with van der Waals surface area (Å²) in [5.41, 5.74) is 6.96. The summed E-state index contributed by atoms with van der Waals surface area (Å²) < 4.78 is 11.9. The van der Waals surface area contributed by atoms with Crippen LogP contribution in [0.4, 0.5) is 11.9 Å². The summed E-state index contributed by atoms with van der Waals surface area (Å²) in [6.07, 6.45) is 2.16. The smallest absolute Gasteiger partial charge is 0.246 e. The lowest BCUT2D eigenvalue weighted by Crippen LogP contribution is -2.62. The predicted molar refractivity (Wildman–Crippen MR) is 113 cm³/mol. The zero-order chi connectivity index (χ0) is 20.4. The zero-order valence-corrected chi connectivity index (χ0v) is 17.7. The molecule has 4 atom stereocenters. The molecular formula is C20H29ClN6O2. The summed E-state index contributed by atoms with van der Waals surface area (Å²) in [5, 5.41) is 7.68. The molecule has 3 heterocycles. The lowest BCUT2D eigenvalue weighted by molar-refractivity contribution is -0.101. The maximum absolute atomic E-state index is 6.05. The van der Waals surface area contributed by atoms with Gasteiger partial charge < -0.3 is 20.1 Å². The van der Waals surface area contributed by atoms with Crippen LogP contribution in [0.15, 0.2) is 24.3 Å². The average Bonchev–Trinajstić information content (AvgIpc) is 3.17.